The molecule has 0 aromatic heterocycles. The summed E-state index contributed by atoms with van der Waals surface area (Å²) in [6, 6.07) is 4.75. The average Bonchev–Trinajstić information content (AvgIpc) is 2.83. The third-order valence-corrected chi connectivity index (χ3v) is 6.78. The number of unbranched alkanes of at least 4 members (excludes halogenated alkanes) is 16. The third-order valence-electron chi connectivity index (χ3n) is 6.34. The van der Waals surface area contributed by atoms with E-state index in [1.165, 1.54) is 64.2 Å². The molecule has 0 bridgehead atoms. The molecule has 36 heavy (non-hydrogen) atoms. The molecule has 0 atom stereocenters. The monoisotopic (exact) mass is 542 g/mol. The van der Waals surface area contributed by atoms with Crippen molar-refractivity contribution in [2.75, 3.05) is 6.61 Å². The minimum Gasteiger partial charge on any atom is -0.466 e. The molecule has 4 nitrogen and oxygen atoms in total. The highest BCUT2D eigenvalue weighted by atomic mass is 35.5. The Labute approximate surface area is 229 Å². The molecule has 0 N–H and O–H groups in total. The topological polar surface area (TPSA) is 52.6 Å². The van der Waals surface area contributed by atoms with Crippen molar-refractivity contribution in [3.8, 4) is 5.75 Å². The first-order valence-corrected chi connectivity index (χ1v) is 15.1. The van der Waals surface area contributed by atoms with Crippen LogP contribution in [0.15, 0.2) is 18.2 Å². The Bertz CT molecular complexity index is 688. The lowest BCUT2D eigenvalue weighted by molar-refractivity contribution is -0.144. The number of carbonyl (C=O) groups excluding carboxylic acids is 2. The molecule has 0 heterocycles. The zero-order chi connectivity index (χ0) is 26.3. The van der Waals surface area contributed by atoms with Crippen LogP contribution in [0.1, 0.15) is 135 Å². The predicted molar refractivity (Wildman–Crippen MR) is 151 cm³/mol. The summed E-state index contributed by atoms with van der Waals surface area (Å²) in [4.78, 5) is 23.8. The summed E-state index contributed by atoms with van der Waals surface area (Å²) in [5.41, 5.74) is 0. The number of benzene rings is 1. The minimum absolute atomic E-state index is 0.0677. The number of esters is 2. The van der Waals surface area contributed by atoms with Crippen molar-refractivity contribution in [1.82, 2.24) is 0 Å². The fourth-order valence-electron chi connectivity index (χ4n) is 4.22. The molecule has 0 aliphatic heterocycles. The quantitative estimate of drug-likeness (QED) is 0.0783. The standard InChI is InChI=1S/C30H48Cl2O4/c1-2-3-4-5-6-7-8-9-10-13-16-19-22-35-29(33)20-17-14-11-12-15-18-21-30(34)36-28-24-26(31)23-27(32)25-28/h23-25H,2-22H2,1H3. The molecule has 0 fully saturated rings. The Kier molecular flexibility index (Phi) is 20.8. The Balaban J connectivity index is 1.83. The molecule has 6 heteroatoms. The zero-order valence-electron chi connectivity index (χ0n) is 22.5. The summed E-state index contributed by atoms with van der Waals surface area (Å²) in [5, 5.41) is 0.886. The van der Waals surface area contributed by atoms with Crippen LogP contribution in [0.5, 0.6) is 5.75 Å². The van der Waals surface area contributed by atoms with Crippen molar-refractivity contribution in [1.29, 1.82) is 0 Å². The van der Waals surface area contributed by atoms with E-state index in [9.17, 15) is 9.59 Å². The van der Waals surface area contributed by atoms with Gasteiger partial charge < -0.3 is 9.47 Å². The average molecular weight is 544 g/mol. The summed E-state index contributed by atoms with van der Waals surface area (Å²) in [6.45, 7) is 2.83. The molecule has 0 amide bonds. The Morgan fingerprint density at radius 3 is 1.50 bits per heavy atom. The van der Waals surface area contributed by atoms with E-state index in [0.717, 1.165) is 51.4 Å². The zero-order valence-corrected chi connectivity index (χ0v) is 24.0. The van der Waals surface area contributed by atoms with Crippen LogP contribution < -0.4 is 4.74 Å². The summed E-state index contributed by atoms with van der Waals surface area (Å²) >= 11 is 11.8. The molecular formula is C30H48Cl2O4. The molecule has 0 unspecified atom stereocenters. The molecule has 0 radical (unpaired) electrons. The maximum Gasteiger partial charge on any atom is 0.311 e. The van der Waals surface area contributed by atoms with E-state index in [4.69, 9.17) is 32.7 Å². The van der Waals surface area contributed by atoms with E-state index in [0.29, 0.717) is 35.2 Å². The van der Waals surface area contributed by atoms with Crippen LogP contribution in [-0.2, 0) is 14.3 Å². The van der Waals surface area contributed by atoms with Gasteiger partial charge in [-0.3, -0.25) is 9.59 Å². The van der Waals surface area contributed by atoms with Gasteiger partial charge in [0.1, 0.15) is 5.75 Å². The lowest BCUT2D eigenvalue weighted by atomic mass is 10.1. The second kappa shape index (κ2) is 22.9. The van der Waals surface area contributed by atoms with Gasteiger partial charge in [-0.25, -0.2) is 0 Å². The van der Waals surface area contributed by atoms with Gasteiger partial charge in [-0.05, 0) is 37.5 Å². The molecule has 206 valence electrons. The predicted octanol–water partition coefficient (Wildman–Crippen LogP) is 10.3. The SMILES string of the molecule is CCCCCCCCCCCCCCOC(=O)CCCCCCCCC(=O)Oc1cc(Cl)cc(Cl)c1. The third kappa shape index (κ3) is 19.9. The molecule has 0 aliphatic rings. The summed E-state index contributed by atoms with van der Waals surface area (Å²) in [5.74, 6) is 0.0365. The first-order chi connectivity index (χ1) is 17.5. The molecule has 0 aliphatic carbocycles. The van der Waals surface area contributed by atoms with Crippen molar-refractivity contribution in [3.63, 3.8) is 0 Å². The molecule has 0 spiro atoms. The highest BCUT2D eigenvalue weighted by Crippen LogP contribution is 2.24. The minimum atomic E-state index is -0.274. The second-order valence-electron chi connectivity index (χ2n) is 9.81. The number of ether oxygens (including phenoxy) is 2. The number of halogens is 2. The van der Waals surface area contributed by atoms with Gasteiger partial charge in [0, 0.05) is 22.9 Å². The highest BCUT2D eigenvalue weighted by molar-refractivity contribution is 6.34. The highest BCUT2D eigenvalue weighted by Gasteiger charge is 2.07. The van der Waals surface area contributed by atoms with Crippen LogP contribution in [0, 0.1) is 0 Å². The second-order valence-corrected chi connectivity index (χ2v) is 10.7. The van der Waals surface area contributed by atoms with Crippen LogP contribution in [-0.4, -0.2) is 18.5 Å². The van der Waals surface area contributed by atoms with Gasteiger partial charge in [-0.2, -0.15) is 0 Å². The molecule has 1 rings (SSSR count). The van der Waals surface area contributed by atoms with Crippen LogP contribution in [0.3, 0.4) is 0 Å². The molecule has 1 aromatic rings. The van der Waals surface area contributed by atoms with E-state index in [2.05, 4.69) is 6.92 Å². The molecule has 1 aromatic carbocycles. The first kappa shape index (κ1) is 32.8. The fourth-order valence-corrected chi connectivity index (χ4v) is 4.72. The van der Waals surface area contributed by atoms with Crippen molar-refractivity contribution in [2.45, 2.75) is 135 Å². The van der Waals surface area contributed by atoms with E-state index in [1.807, 2.05) is 0 Å². The van der Waals surface area contributed by atoms with Crippen LogP contribution in [0.25, 0.3) is 0 Å². The maximum absolute atomic E-state index is 11.9. The van der Waals surface area contributed by atoms with E-state index < -0.39 is 0 Å². The lowest BCUT2D eigenvalue weighted by Crippen LogP contribution is -2.07. The van der Waals surface area contributed by atoms with Crippen LogP contribution >= 0.6 is 23.2 Å². The fraction of sp³-hybridized carbons (Fsp3) is 0.733. The van der Waals surface area contributed by atoms with Gasteiger partial charge in [0.05, 0.1) is 6.61 Å². The van der Waals surface area contributed by atoms with E-state index in [1.54, 1.807) is 18.2 Å². The summed E-state index contributed by atoms with van der Waals surface area (Å²) < 4.78 is 10.6. The van der Waals surface area contributed by atoms with Crippen molar-refractivity contribution in [2.24, 2.45) is 0 Å². The Hall–Kier alpha value is -1.26. The van der Waals surface area contributed by atoms with Gasteiger partial charge in [-0.1, -0.05) is 126 Å². The Morgan fingerprint density at radius 2 is 1.00 bits per heavy atom. The maximum atomic E-state index is 11.9. The first-order valence-electron chi connectivity index (χ1n) is 14.3. The summed E-state index contributed by atoms with van der Waals surface area (Å²) in [6.07, 6.45) is 22.3. The van der Waals surface area contributed by atoms with Crippen LogP contribution in [0.2, 0.25) is 10.0 Å². The number of hydrogen-bond donors (Lipinski definition) is 0. The van der Waals surface area contributed by atoms with Crippen molar-refractivity contribution >= 4 is 35.1 Å². The molecule has 0 saturated heterocycles. The smallest absolute Gasteiger partial charge is 0.311 e. The van der Waals surface area contributed by atoms with Gasteiger partial charge >= 0.3 is 11.9 Å². The number of carbonyl (C=O) groups is 2. The van der Waals surface area contributed by atoms with Gasteiger partial charge in [0.25, 0.3) is 0 Å². The van der Waals surface area contributed by atoms with E-state index >= 15 is 0 Å². The van der Waals surface area contributed by atoms with Crippen LogP contribution in [0.4, 0.5) is 0 Å². The van der Waals surface area contributed by atoms with Gasteiger partial charge in [-0.15, -0.1) is 0 Å². The normalized spacial score (nSPS) is 11.0. The number of hydrogen-bond acceptors (Lipinski definition) is 4. The molecule has 0 saturated carbocycles. The van der Waals surface area contributed by atoms with Crippen molar-refractivity contribution < 1.29 is 19.1 Å². The van der Waals surface area contributed by atoms with E-state index in [-0.39, 0.29) is 11.9 Å². The molecular weight excluding hydrogens is 495 g/mol. The van der Waals surface area contributed by atoms with Gasteiger partial charge in [0.15, 0.2) is 0 Å². The Morgan fingerprint density at radius 1 is 0.583 bits per heavy atom. The van der Waals surface area contributed by atoms with Gasteiger partial charge in [0.2, 0.25) is 0 Å². The number of rotatable bonds is 23. The van der Waals surface area contributed by atoms with Crippen molar-refractivity contribution in [3.05, 3.63) is 28.2 Å². The largest absolute Gasteiger partial charge is 0.466 e. The summed E-state index contributed by atoms with van der Waals surface area (Å²) in [7, 11) is 0. The lowest BCUT2D eigenvalue weighted by Gasteiger charge is -2.06.